The van der Waals surface area contributed by atoms with Crippen LogP contribution in [0.25, 0.3) is 0 Å². The molecule has 0 amide bonds. The van der Waals surface area contributed by atoms with Crippen molar-refractivity contribution in [3.8, 4) is 11.5 Å². The second kappa shape index (κ2) is 9.16. The zero-order valence-electron chi connectivity index (χ0n) is 21.3. The summed E-state index contributed by atoms with van der Waals surface area (Å²) in [5, 5.41) is 0. The maximum atomic E-state index is 6.29. The number of hydrogen-bond donors (Lipinski definition) is 0. The van der Waals surface area contributed by atoms with Gasteiger partial charge in [-0.25, -0.2) is 0 Å². The van der Waals surface area contributed by atoms with Crippen molar-refractivity contribution in [3.63, 3.8) is 0 Å². The van der Waals surface area contributed by atoms with Crippen LogP contribution in [0, 0.1) is 13.8 Å². The zero-order valence-corrected chi connectivity index (χ0v) is 22.2. The highest BCUT2D eigenvalue weighted by molar-refractivity contribution is 7.99. The molecule has 4 nitrogen and oxygen atoms in total. The number of benzene rings is 2. The lowest BCUT2D eigenvalue weighted by Gasteiger charge is -2.32. The minimum absolute atomic E-state index is 0.0188. The Balaban J connectivity index is 1.68. The summed E-state index contributed by atoms with van der Waals surface area (Å²) < 4.78 is 23.3. The topological polar surface area (TPSA) is 36.9 Å². The molecule has 5 heteroatoms. The lowest BCUT2D eigenvalue weighted by atomic mass is 9.85. The summed E-state index contributed by atoms with van der Waals surface area (Å²) in [4.78, 5) is 2.52. The molecule has 2 saturated heterocycles. The van der Waals surface area contributed by atoms with E-state index >= 15 is 0 Å². The van der Waals surface area contributed by atoms with Gasteiger partial charge in [-0.15, -0.1) is 0 Å². The molecule has 33 heavy (non-hydrogen) atoms. The average molecular weight is 471 g/mol. The third-order valence-corrected chi connectivity index (χ3v) is 7.53. The Hall–Kier alpha value is -1.69. The lowest BCUT2D eigenvalue weighted by Crippen LogP contribution is -2.39. The van der Waals surface area contributed by atoms with Crippen LogP contribution in [0.1, 0.15) is 70.2 Å². The molecule has 2 aromatic rings. The highest BCUT2D eigenvalue weighted by Crippen LogP contribution is 2.43. The molecule has 2 aromatic carbocycles. The first kappa shape index (κ1) is 24.4. The molecule has 0 bridgehead atoms. The predicted molar refractivity (Wildman–Crippen MR) is 134 cm³/mol. The molecule has 2 aliphatic rings. The molecule has 0 aliphatic carbocycles. The van der Waals surface area contributed by atoms with Crippen molar-refractivity contribution in [2.45, 2.75) is 94.8 Å². The SMILES string of the molecule is Cc1cc(OC2COC2)c(C(C)(C)C)cc1Sc1cc(C(C)(C)C)c(OC2CCO2)cc1C. The van der Waals surface area contributed by atoms with Gasteiger partial charge in [-0.1, -0.05) is 53.3 Å². The summed E-state index contributed by atoms with van der Waals surface area (Å²) in [5.41, 5.74) is 4.84. The Morgan fingerprint density at radius 1 is 0.788 bits per heavy atom. The molecular weight excluding hydrogens is 432 g/mol. The second-order valence-electron chi connectivity index (χ2n) is 11.3. The van der Waals surface area contributed by atoms with Gasteiger partial charge in [0.2, 0.25) is 6.29 Å². The van der Waals surface area contributed by atoms with Crippen LogP contribution in [0.2, 0.25) is 0 Å². The van der Waals surface area contributed by atoms with Gasteiger partial charge >= 0.3 is 0 Å². The smallest absolute Gasteiger partial charge is 0.202 e. The van der Waals surface area contributed by atoms with Crippen LogP contribution >= 0.6 is 11.8 Å². The summed E-state index contributed by atoms with van der Waals surface area (Å²) in [6.07, 6.45) is 0.997. The van der Waals surface area contributed by atoms with Gasteiger partial charge in [0.25, 0.3) is 0 Å². The van der Waals surface area contributed by atoms with Crippen molar-refractivity contribution in [2.24, 2.45) is 0 Å². The molecule has 0 aromatic heterocycles. The van der Waals surface area contributed by atoms with Gasteiger partial charge in [0.1, 0.15) is 17.6 Å². The van der Waals surface area contributed by atoms with Crippen LogP contribution in [-0.2, 0) is 20.3 Å². The van der Waals surface area contributed by atoms with E-state index in [4.69, 9.17) is 18.9 Å². The molecule has 1 atom stereocenters. The van der Waals surface area contributed by atoms with Gasteiger partial charge in [-0.05, 0) is 60.1 Å². The van der Waals surface area contributed by atoms with E-state index in [1.165, 1.54) is 32.0 Å². The van der Waals surface area contributed by atoms with Crippen LogP contribution in [-0.4, -0.2) is 32.2 Å². The van der Waals surface area contributed by atoms with Crippen LogP contribution < -0.4 is 9.47 Å². The summed E-state index contributed by atoms with van der Waals surface area (Å²) in [5.74, 6) is 1.92. The molecule has 2 fully saturated rings. The highest BCUT2D eigenvalue weighted by Gasteiger charge is 2.28. The number of rotatable bonds is 6. The fourth-order valence-electron chi connectivity index (χ4n) is 3.94. The summed E-state index contributed by atoms with van der Waals surface area (Å²) in [6.45, 7) is 19.9. The summed E-state index contributed by atoms with van der Waals surface area (Å²) in [7, 11) is 0. The monoisotopic (exact) mass is 470 g/mol. The maximum absolute atomic E-state index is 6.29. The Bertz CT molecular complexity index is 927. The maximum Gasteiger partial charge on any atom is 0.202 e. The third-order valence-electron chi connectivity index (χ3n) is 6.21. The van der Waals surface area contributed by atoms with Crippen LogP contribution in [0.5, 0.6) is 11.5 Å². The highest BCUT2D eigenvalue weighted by atomic mass is 32.2. The molecular formula is C28H38O4S. The molecule has 2 heterocycles. The van der Waals surface area contributed by atoms with Crippen molar-refractivity contribution in [3.05, 3.63) is 46.5 Å². The second-order valence-corrected chi connectivity index (χ2v) is 12.4. The minimum atomic E-state index is -0.116. The van der Waals surface area contributed by atoms with Crippen molar-refractivity contribution in [1.29, 1.82) is 0 Å². The third kappa shape index (κ3) is 5.52. The van der Waals surface area contributed by atoms with E-state index in [0.29, 0.717) is 13.2 Å². The zero-order chi connectivity index (χ0) is 24.0. The van der Waals surface area contributed by atoms with E-state index in [1.807, 2.05) is 11.8 Å². The van der Waals surface area contributed by atoms with E-state index in [-0.39, 0.29) is 23.2 Å². The first-order valence-corrected chi connectivity index (χ1v) is 12.7. The fraction of sp³-hybridized carbons (Fsp3) is 0.571. The Morgan fingerprint density at radius 3 is 1.64 bits per heavy atom. The first-order valence-electron chi connectivity index (χ1n) is 11.9. The van der Waals surface area contributed by atoms with Gasteiger partial charge in [0.15, 0.2) is 0 Å². The van der Waals surface area contributed by atoms with Crippen molar-refractivity contribution in [2.75, 3.05) is 19.8 Å². The quantitative estimate of drug-likeness (QED) is 0.456. The first-order chi connectivity index (χ1) is 15.4. The van der Waals surface area contributed by atoms with E-state index in [2.05, 4.69) is 79.7 Å². The van der Waals surface area contributed by atoms with Crippen molar-refractivity contribution >= 4 is 11.8 Å². The molecule has 0 spiro atoms. The van der Waals surface area contributed by atoms with E-state index in [9.17, 15) is 0 Å². The van der Waals surface area contributed by atoms with E-state index in [1.54, 1.807) is 0 Å². The largest absolute Gasteiger partial charge is 0.485 e. The van der Waals surface area contributed by atoms with E-state index in [0.717, 1.165) is 24.5 Å². The lowest BCUT2D eigenvalue weighted by molar-refractivity contribution is -0.165. The van der Waals surface area contributed by atoms with Gasteiger partial charge in [0, 0.05) is 27.3 Å². The molecule has 180 valence electrons. The van der Waals surface area contributed by atoms with Crippen molar-refractivity contribution < 1.29 is 18.9 Å². The standard InChI is InChI=1S/C28H38O4S/c1-17-11-22(31-19-15-29-16-19)20(27(3,4)5)13-24(17)33-25-14-21(28(6,7)8)23(12-18(25)2)32-26-9-10-30-26/h11-14,19,26H,9-10,15-16H2,1-8H3. The van der Waals surface area contributed by atoms with Gasteiger partial charge in [-0.3, -0.25) is 0 Å². The predicted octanol–water partition coefficient (Wildman–Crippen LogP) is 6.95. The van der Waals surface area contributed by atoms with Crippen molar-refractivity contribution in [1.82, 2.24) is 0 Å². The van der Waals surface area contributed by atoms with Gasteiger partial charge < -0.3 is 18.9 Å². The molecule has 0 radical (unpaired) electrons. The Labute approximate surface area is 203 Å². The Morgan fingerprint density at radius 2 is 1.27 bits per heavy atom. The van der Waals surface area contributed by atoms with Crippen LogP contribution in [0.4, 0.5) is 0 Å². The molecule has 1 unspecified atom stereocenters. The van der Waals surface area contributed by atoms with Gasteiger partial charge in [-0.2, -0.15) is 0 Å². The average Bonchev–Trinajstić information content (AvgIpc) is 2.62. The number of aryl methyl sites for hydroxylation is 2. The molecule has 0 N–H and O–H groups in total. The van der Waals surface area contributed by atoms with E-state index < -0.39 is 0 Å². The molecule has 4 rings (SSSR count). The normalized spacial score (nSPS) is 19.1. The molecule has 0 saturated carbocycles. The van der Waals surface area contributed by atoms with Crippen LogP contribution in [0.3, 0.4) is 0 Å². The van der Waals surface area contributed by atoms with Crippen LogP contribution in [0.15, 0.2) is 34.1 Å². The summed E-state index contributed by atoms with van der Waals surface area (Å²) in [6, 6.07) is 9.00. The minimum Gasteiger partial charge on any atom is -0.485 e. The Kier molecular flexibility index (Phi) is 6.78. The fourth-order valence-corrected chi connectivity index (χ4v) is 4.97. The molecule has 2 aliphatic heterocycles. The number of ether oxygens (including phenoxy) is 4. The summed E-state index contributed by atoms with van der Waals surface area (Å²) >= 11 is 1.83. The van der Waals surface area contributed by atoms with Gasteiger partial charge in [0.05, 0.1) is 19.8 Å². The number of hydrogen-bond acceptors (Lipinski definition) is 5.